The summed E-state index contributed by atoms with van der Waals surface area (Å²) in [4.78, 5) is 16.4. The molecule has 0 aliphatic rings. The summed E-state index contributed by atoms with van der Waals surface area (Å²) in [6.07, 6.45) is 0. The van der Waals surface area contributed by atoms with Gasteiger partial charge in [0.05, 0.1) is 18.0 Å². The number of hydrogen-bond acceptors (Lipinski definition) is 6. The van der Waals surface area contributed by atoms with E-state index < -0.39 is 5.41 Å². The number of carbonyl (C=O) groups is 1. The number of thiazole rings is 1. The van der Waals surface area contributed by atoms with Crippen molar-refractivity contribution in [3.8, 4) is 0 Å². The van der Waals surface area contributed by atoms with E-state index in [1.54, 1.807) is 18.3 Å². The number of aromatic nitrogens is 1. The van der Waals surface area contributed by atoms with Gasteiger partial charge in [-0.25, -0.2) is 4.98 Å². The van der Waals surface area contributed by atoms with Crippen LogP contribution in [0.15, 0.2) is 22.2 Å². The largest absolute Gasteiger partial charge is 0.465 e. The van der Waals surface area contributed by atoms with Crippen LogP contribution < -0.4 is 5.32 Å². The van der Waals surface area contributed by atoms with Gasteiger partial charge in [0.25, 0.3) is 0 Å². The Morgan fingerprint density at radius 1 is 1.47 bits per heavy atom. The summed E-state index contributed by atoms with van der Waals surface area (Å²) in [5.41, 5.74) is 1.02. The van der Waals surface area contributed by atoms with Gasteiger partial charge in [-0.1, -0.05) is 0 Å². The first kappa shape index (κ1) is 14.0. The molecule has 102 valence electrons. The smallest absolute Gasteiger partial charge is 0.317 e. The van der Waals surface area contributed by atoms with Crippen molar-refractivity contribution in [2.75, 3.05) is 11.9 Å². The molecule has 0 unspecified atom stereocenters. The lowest BCUT2D eigenvalue weighted by atomic mass is 9.90. The highest BCUT2D eigenvalue weighted by atomic mass is 32.1. The second kappa shape index (κ2) is 5.71. The molecule has 0 atom stereocenters. The van der Waals surface area contributed by atoms with Gasteiger partial charge in [0.2, 0.25) is 0 Å². The molecule has 0 radical (unpaired) electrons. The van der Waals surface area contributed by atoms with Crippen molar-refractivity contribution in [3.63, 3.8) is 0 Å². The fourth-order valence-electron chi connectivity index (χ4n) is 1.49. The molecule has 2 rings (SSSR count). The van der Waals surface area contributed by atoms with Gasteiger partial charge in [-0.05, 0) is 32.2 Å². The molecule has 0 saturated heterocycles. The Kier molecular flexibility index (Phi) is 4.21. The van der Waals surface area contributed by atoms with E-state index in [4.69, 9.17) is 4.74 Å². The number of hydrogen-bond donors (Lipinski definition) is 1. The number of nitrogens with one attached hydrogen (secondary N) is 1. The van der Waals surface area contributed by atoms with Crippen LogP contribution in [0.3, 0.4) is 0 Å². The topological polar surface area (TPSA) is 51.2 Å². The third-order valence-corrected chi connectivity index (χ3v) is 4.14. The number of esters is 1. The number of rotatable bonds is 5. The van der Waals surface area contributed by atoms with Crippen molar-refractivity contribution in [1.82, 2.24) is 4.98 Å². The molecule has 1 N–H and O–H groups in total. The van der Waals surface area contributed by atoms with Crippen LogP contribution >= 0.6 is 22.7 Å². The Morgan fingerprint density at radius 2 is 2.26 bits per heavy atom. The van der Waals surface area contributed by atoms with E-state index in [9.17, 15) is 4.79 Å². The maximum absolute atomic E-state index is 11.9. The molecule has 2 aromatic heterocycles. The predicted molar refractivity (Wildman–Crippen MR) is 79.4 cm³/mol. The molecule has 0 amide bonds. The molecule has 2 aromatic rings. The van der Waals surface area contributed by atoms with Crippen LogP contribution in [-0.2, 0) is 14.9 Å². The minimum absolute atomic E-state index is 0.248. The Balaban J connectivity index is 2.14. The van der Waals surface area contributed by atoms with Crippen LogP contribution in [0.4, 0.5) is 10.8 Å². The summed E-state index contributed by atoms with van der Waals surface area (Å²) in [6.45, 7) is 5.84. The highest BCUT2D eigenvalue weighted by Crippen LogP contribution is 2.30. The maximum atomic E-state index is 11.9. The van der Waals surface area contributed by atoms with Gasteiger partial charge < -0.3 is 10.1 Å². The number of thiophene rings is 1. The molecule has 2 heterocycles. The summed E-state index contributed by atoms with van der Waals surface area (Å²) < 4.78 is 5.08. The average molecular weight is 296 g/mol. The van der Waals surface area contributed by atoms with Crippen molar-refractivity contribution in [2.24, 2.45) is 0 Å². The van der Waals surface area contributed by atoms with E-state index in [2.05, 4.69) is 10.3 Å². The Bertz CT molecular complexity index is 547. The second-order valence-electron chi connectivity index (χ2n) is 4.52. The highest BCUT2D eigenvalue weighted by Gasteiger charge is 2.33. The number of ether oxygens (including phenoxy) is 1. The van der Waals surface area contributed by atoms with Gasteiger partial charge in [0.1, 0.15) is 5.41 Å². The molecule has 0 saturated carbocycles. The molecular formula is C13H16N2O2S2. The quantitative estimate of drug-likeness (QED) is 0.853. The van der Waals surface area contributed by atoms with Gasteiger partial charge in [-0.2, -0.15) is 11.3 Å². The fraction of sp³-hybridized carbons (Fsp3) is 0.385. The molecular weight excluding hydrogens is 280 g/mol. The third-order valence-electron chi connectivity index (χ3n) is 2.70. The van der Waals surface area contributed by atoms with Crippen molar-refractivity contribution in [3.05, 3.63) is 27.9 Å². The summed E-state index contributed by atoms with van der Waals surface area (Å²) >= 11 is 3.11. The zero-order valence-corrected chi connectivity index (χ0v) is 12.7. The van der Waals surface area contributed by atoms with Crippen molar-refractivity contribution < 1.29 is 9.53 Å². The summed E-state index contributed by atoms with van der Waals surface area (Å²) in [6, 6.07) is 1.99. The van der Waals surface area contributed by atoms with E-state index in [0.29, 0.717) is 6.61 Å². The molecule has 0 aliphatic heterocycles. The predicted octanol–water partition coefficient (Wildman–Crippen LogP) is 3.79. The second-order valence-corrected chi connectivity index (χ2v) is 6.16. The molecule has 0 bridgehead atoms. The van der Waals surface area contributed by atoms with Crippen molar-refractivity contribution in [1.29, 1.82) is 0 Å². The van der Waals surface area contributed by atoms with Crippen LogP contribution in [0, 0.1) is 0 Å². The van der Waals surface area contributed by atoms with Crippen molar-refractivity contribution in [2.45, 2.75) is 26.2 Å². The molecule has 0 aromatic carbocycles. The first-order chi connectivity index (χ1) is 9.04. The Labute approximate surface area is 120 Å². The Hall–Kier alpha value is -1.40. The van der Waals surface area contributed by atoms with E-state index in [-0.39, 0.29) is 5.97 Å². The normalized spacial score (nSPS) is 11.3. The monoisotopic (exact) mass is 296 g/mol. The van der Waals surface area contributed by atoms with Gasteiger partial charge in [-0.15, -0.1) is 11.3 Å². The fourth-order valence-corrected chi connectivity index (χ4v) is 2.98. The Morgan fingerprint density at radius 3 is 2.89 bits per heavy atom. The number of nitrogens with zero attached hydrogens (tertiary/aromatic N) is 1. The van der Waals surface area contributed by atoms with Crippen molar-refractivity contribution >= 4 is 39.5 Å². The van der Waals surface area contributed by atoms with Crippen LogP contribution in [-0.4, -0.2) is 17.6 Å². The number of carbonyl (C=O) groups excluding carboxylic acids is 1. The maximum Gasteiger partial charge on any atom is 0.317 e. The van der Waals surface area contributed by atoms with Crippen LogP contribution in [0.25, 0.3) is 0 Å². The van der Waals surface area contributed by atoms with Gasteiger partial charge >= 0.3 is 5.97 Å². The summed E-state index contributed by atoms with van der Waals surface area (Å²) in [7, 11) is 0. The molecule has 6 heteroatoms. The molecule has 0 fully saturated rings. The molecule has 0 spiro atoms. The highest BCUT2D eigenvalue weighted by molar-refractivity contribution is 7.14. The first-order valence-electron chi connectivity index (χ1n) is 5.96. The molecule has 0 aliphatic carbocycles. The van der Waals surface area contributed by atoms with Gasteiger partial charge in [-0.3, -0.25) is 4.79 Å². The third kappa shape index (κ3) is 3.13. The van der Waals surface area contributed by atoms with E-state index >= 15 is 0 Å². The van der Waals surface area contributed by atoms with E-state index in [1.807, 2.05) is 36.1 Å². The summed E-state index contributed by atoms with van der Waals surface area (Å²) in [5, 5.41) is 9.90. The minimum Gasteiger partial charge on any atom is -0.465 e. The standard InChI is InChI=1S/C13H16N2O2S2/c1-4-17-11(16)13(2,3)10-8-19-12(15-10)14-9-5-6-18-7-9/h5-8H,4H2,1-3H3,(H,14,15). The SMILES string of the molecule is CCOC(=O)C(C)(C)c1csc(Nc2ccsc2)n1. The zero-order chi connectivity index (χ0) is 13.9. The molecule has 4 nitrogen and oxygen atoms in total. The van der Waals surface area contributed by atoms with Gasteiger partial charge in [0.15, 0.2) is 5.13 Å². The van der Waals surface area contributed by atoms with Gasteiger partial charge in [0, 0.05) is 10.8 Å². The lowest BCUT2D eigenvalue weighted by Crippen LogP contribution is -2.31. The van der Waals surface area contributed by atoms with Crippen LogP contribution in [0.5, 0.6) is 0 Å². The lowest BCUT2D eigenvalue weighted by Gasteiger charge is -2.19. The number of anilines is 2. The first-order valence-corrected chi connectivity index (χ1v) is 7.78. The summed E-state index contributed by atoms with van der Waals surface area (Å²) in [5.74, 6) is -0.248. The van der Waals surface area contributed by atoms with E-state index in [1.165, 1.54) is 11.3 Å². The molecule has 19 heavy (non-hydrogen) atoms. The lowest BCUT2D eigenvalue weighted by molar-refractivity contribution is -0.148. The zero-order valence-electron chi connectivity index (χ0n) is 11.1. The van der Waals surface area contributed by atoms with Crippen LogP contribution in [0.2, 0.25) is 0 Å². The average Bonchev–Trinajstić information content (AvgIpc) is 3.01. The van der Waals surface area contributed by atoms with E-state index in [0.717, 1.165) is 16.5 Å². The van der Waals surface area contributed by atoms with Crippen LogP contribution in [0.1, 0.15) is 26.5 Å². The minimum atomic E-state index is -0.721.